The van der Waals surface area contributed by atoms with Crippen molar-refractivity contribution in [3.05, 3.63) is 18.2 Å². The molecule has 8 nitrogen and oxygen atoms in total. The van der Waals surface area contributed by atoms with Gasteiger partial charge in [-0.05, 0) is 24.6 Å². The van der Waals surface area contributed by atoms with Gasteiger partial charge in [0.05, 0.1) is 20.0 Å². The van der Waals surface area contributed by atoms with Crippen LogP contribution in [0.5, 0.6) is 23.0 Å². The van der Waals surface area contributed by atoms with Crippen LogP contribution in [0.15, 0.2) is 22.6 Å². The minimum atomic E-state index is -3.05. The number of benzene rings is 1. The number of aromatic hydroxyl groups is 2. The lowest BCUT2D eigenvalue weighted by Crippen LogP contribution is -2.21. The predicted octanol–water partition coefficient (Wildman–Crippen LogP) is 3.25. The number of hydrogen-bond acceptors (Lipinski definition) is 8. The monoisotopic (exact) mass is 357 g/mol. The molecule has 4 N–H and O–H groups in total. The van der Waals surface area contributed by atoms with Crippen LogP contribution in [0.3, 0.4) is 0 Å². The summed E-state index contributed by atoms with van der Waals surface area (Å²) in [6.45, 7) is 0.314. The van der Waals surface area contributed by atoms with Gasteiger partial charge in [0, 0.05) is 12.1 Å². The minimum Gasteiger partial charge on any atom is -0.502 e. The van der Waals surface area contributed by atoms with E-state index in [0.29, 0.717) is 30.0 Å². The lowest BCUT2D eigenvalue weighted by Gasteiger charge is -2.35. The third-order valence-electron chi connectivity index (χ3n) is 3.85. The van der Waals surface area contributed by atoms with E-state index in [1.165, 1.54) is 18.5 Å². The highest BCUT2D eigenvalue weighted by Crippen LogP contribution is 2.57. The molecular formula is C15H19NO7S. The molecule has 0 amide bonds. The SMILES string of the molecule is COc1ccc(-c2oc(N3CCCS3(O)O)c(O)c2O)cc1OC. The Morgan fingerprint density at radius 2 is 1.79 bits per heavy atom. The van der Waals surface area contributed by atoms with Gasteiger partial charge in [-0.15, -0.1) is 10.8 Å². The first-order valence-electron chi connectivity index (χ1n) is 7.19. The summed E-state index contributed by atoms with van der Waals surface area (Å²) >= 11 is 0. The highest BCUT2D eigenvalue weighted by Gasteiger charge is 2.36. The lowest BCUT2D eigenvalue weighted by molar-refractivity contribution is 0.355. The average Bonchev–Trinajstić information content (AvgIpc) is 3.06. The van der Waals surface area contributed by atoms with E-state index in [1.807, 2.05) is 0 Å². The largest absolute Gasteiger partial charge is 0.502 e. The van der Waals surface area contributed by atoms with E-state index in [-0.39, 0.29) is 17.4 Å². The molecule has 0 unspecified atom stereocenters. The van der Waals surface area contributed by atoms with Crippen LogP contribution in [-0.4, -0.2) is 45.8 Å². The summed E-state index contributed by atoms with van der Waals surface area (Å²) in [5.74, 6) is -0.0244. The third-order valence-corrected chi connectivity index (χ3v) is 5.74. The predicted molar refractivity (Wildman–Crippen MR) is 90.3 cm³/mol. The normalized spacial score (nSPS) is 17.8. The van der Waals surface area contributed by atoms with E-state index in [4.69, 9.17) is 13.9 Å². The Hall–Kier alpha value is -2.23. The van der Waals surface area contributed by atoms with Gasteiger partial charge in [-0.2, -0.15) is 0 Å². The van der Waals surface area contributed by atoms with Crippen molar-refractivity contribution >= 4 is 16.7 Å². The van der Waals surface area contributed by atoms with Gasteiger partial charge < -0.3 is 24.1 Å². The van der Waals surface area contributed by atoms with Gasteiger partial charge in [0.1, 0.15) is 0 Å². The fourth-order valence-electron chi connectivity index (χ4n) is 2.64. The van der Waals surface area contributed by atoms with Crippen LogP contribution in [0.2, 0.25) is 0 Å². The number of rotatable bonds is 4. The Morgan fingerprint density at radius 3 is 2.38 bits per heavy atom. The van der Waals surface area contributed by atoms with Gasteiger partial charge in [0.15, 0.2) is 17.3 Å². The minimum absolute atomic E-state index is 0.00514. The molecule has 0 bridgehead atoms. The molecule has 0 radical (unpaired) electrons. The highest BCUT2D eigenvalue weighted by molar-refractivity contribution is 8.25. The molecule has 1 aliphatic rings. The third kappa shape index (κ3) is 2.60. The van der Waals surface area contributed by atoms with Crippen LogP contribution in [0.4, 0.5) is 5.88 Å². The summed E-state index contributed by atoms with van der Waals surface area (Å²) in [6.07, 6.45) is 0.551. The molecule has 0 atom stereocenters. The van der Waals surface area contributed by atoms with Crippen molar-refractivity contribution < 1.29 is 33.2 Å². The summed E-state index contributed by atoms with van der Waals surface area (Å²) in [7, 11) is -0.0658. The molecule has 0 saturated carbocycles. The summed E-state index contributed by atoms with van der Waals surface area (Å²) in [5, 5.41) is 20.3. The number of nitrogens with zero attached hydrogens (tertiary/aromatic N) is 1. The molecule has 9 heteroatoms. The van der Waals surface area contributed by atoms with Gasteiger partial charge in [0.25, 0.3) is 5.88 Å². The molecule has 24 heavy (non-hydrogen) atoms. The van der Waals surface area contributed by atoms with Gasteiger partial charge >= 0.3 is 0 Å². The maximum Gasteiger partial charge on any atom is 0.261 e. The smallest absolute Gasteiger partial charge is 0.261 e. The summed E-state index contributed by atoms with van der Waals surface area (Å²) in [5.41, 5.74) is 0.447. The van der Waals surface area contributed by atoms with E-state index in [0.717, 1.165) is 0 Å². The molecule has 2 aromatic rings. The molecule has 1 aromatic carbocycles. The second-order valence-corrected chi connectivity index (χ2v) is 7.41. The molecule has 1 aliphatic heterocycles. The number of ether oxygens (including phenoxy) is 2. The fraction of sp³-hybridized carbons (Fsp3) is 0.333. The van der Waals surface area contributed by atoms with Gasteiger partial charge in [-0.25, -0.2) is 4.31 Å². The molecule has 1 fully saturated rings. The topological polar surface area (TPSA) is 116 Å². The van der Waals surface area contributed by atoms with E-state index < -0.39 is 22.3 Å². The number of furan rings is 1. The van der Waals surface area contributed by atoms with E-state index in [2.05, 4.69) is 0 Å². The maximum absolute atomic E-state index is 10.2. The van der Waals surface area contributed by atoms with E-state index >= 15 is 0 Å². The molecule has 0 aliphatic carbocycles. The summed E-state index contributed by atoms with van der Waals surface area (Å²) in [6, 6.07) is 4.85. The quantitative estimate of drug-likeness (QED) is 0.659. The number of hydrogen-bond donors (Lipinski definition) is 4. The first-order valence-corrected chi connectivity index (χ1v) is 8.87. The number of methoxy groups -OCH3 is 2. The van der Waals surface area contributed by atoms with Crippen LogP contribution in [0.1, 0.15) is 6.42 Å². The van der Waals surface area contributed by atoms with Crippen LogP contribution < -0.4 is 13.8 Å². The molecule has 2 heterocycles. The molecular weight excluding hydrogens is 338 g/mol. The van der Waals surface area contributed by atoms with Crippen molar-refractivity contribution in [1.82, 2.24) is 0 Å². The van der Waals surface area contributed by atoms with Gasteiger partial charge in [-0.1, -0.05) is 0 Å². The van der Waals surface area contributed by atoms with E-state index in [1.54, 1.807) is 18.2 Å². The van der Waals surface area contributed by atoms with Crippen molar-refractivity contribution in [1.29, 1.82) is 0 Å². The Balaban J connectivity index is 2.06. The summed E-state index contributed by atoms with van der Waals surface area (Å²) in [4.78, 5) is 0. The van der Waals surface area contributed by atoms with Crippen LogP contribution in [0.25, 0.3) is 11.3 Å². The van der Waals surface area contributed by atoms with Crippen molar-refractivity contribution in [2.24, 2.45) is 0 Å². The van der Waals surface area contributed by atoms with E-state index in [9.17, 15) is 19.3 Å². The van der Waals surface area contributed by atoms with Crippen LogP contribution in [-0.2, 0) is 0 Å². The maximum atomic E-state index is 10.2. The first kappa shape index (κ1) is 16.6. The number of anilines is 1. The zero-order valence-corrected chi connectivity index (χ0v) is 14.0. The molecule has 1 aromatic heterocycles. The molecule has 0 spiro atoms. The van der Waals surface area contributed by atoms with Crippen LogP contribution in [0, 0.1) is 0 Å². The van der Waals surface area contributed by atoms with Crippen molar-refractivity contribution in [2.45, 2.75) is 6.42 Å². The second-order valence-electron chi connectivity index (χ2n) is 5.30. The standard InChI is InChI=1S/C15H19NO7S/c1-21-10-5-4-9(8-11(10)22-2)14-12(17)13(18)15(23-14)16-6-3-7-24(16,19)20/h4-5,8,17-20H,3,6-7H2,1-2H3. The molecule has 3 rings (SSSR count). The van der Waals surface area contributed by atoms with Gasteiger partial charge in [0.2, 0.25) is 11.5 Å². The fourth-order valence-corrected chi connectivity index (χ4v) is 4.18. The van der Waals surface area contributed by atoms with Gasteiger partial charge in [-0.3, -0.25) is 9.11 Å². The molecule has 132 valence electrons. The Morgan fingerprint density at radius 1 is 1.08 bits per heavy atom. The molecule has 1 saturated heterocycles. The highest BCUT2D eigenvalue weighted by atomic mass is 32.3. The Kier molecular flexibility index (Phi) is 4.16. The van der Waals surface area contributed by atoms with Crippen molar-refractivity contribution in [3.8, 4) is 34.3 Å². The van der Waals surface area contributed by atoms with Crippen molar-refractivity contribution in [3.63, 3.8) is 0 Å². The second kappa shape index (κ2) is 6.00. The zero-order chi connectivity index (χ0) is 17.5. The zero-order valence-electron chi connectivity index (χ0n) is 13.2. The Labute approximate surface area is 140 Å². The van der Waals surface area contributed by atoms with Crippen molar-refractivity contribution in [2.75, 3.05) is 30.8 Å². The summed E-state index contributed by atoms with van der Waals surface area (Å²) < 4.78 is 37.2. The van der Waals surface area contributed by atoms with Crippen LogP contribution >= 0.6 is 10.8 Å². The lowest BCUT2D eigenvalue weighted by atomic mass is 10.1. The average molecular weight is 357 g/mol. The first-order chi connectivity index (χ1) is 11.4. The Bertz CT molecular complexity index is 759.